The fourth-order valence-electron chi connectivity index (χ4n) is 2.33. The van der Waals surface area contributed by atoms with Crippen LogP contribution in [0.3, 0.4) is 0 Å². The highest BCUT2D eigenvalue weighted by Gasteiger charge is 2.13. The van der Waals surface area contributed by atoms with Crippen molar-refractivity contribution in [3.63, 3.8) is 0 Å². The third-order valence-electron chi connectivity index (χ3n) is 3.35. The summed E-state index contributed by atoms with van der Waals surface area (Å²) in [6.07, 6.45) is 2.01. The Balaban J connectivity index is 2.24. The van der Waals surface area contributed by atoms with Crippen molar-refractivity contribution in [3.8, 4) is 17.0 Å². The molecule has 2 aromatic heterocycles. The highest BCUT2D eigenvalue weighted by atomic mass is 35.5. The van der Waals surface area contributed by atoms with Gasteiger partial charge in [-0.15, -0.1) is 11.6 Å². The number of alkyl halides is 1. The first-order chi connectivity index (χ1) is 9.72. The summed E-state index contributed by atoms with van der Waals surface area (Å²) in [5.41, 5.74) is 5.01. The second-order valence-corrected chi connectivity index (χ2v) is 4.97. The Morgan fingerprint density at radius 2 is 2.10 bits per heavy atom. The number of aromatic nitrogens is 2. The van der Waals surface area contributed by atoms with Crippen LogP contribution in [0.4, 0.5) is 0 Å². The smallest absolute Gasteiger partial charge is 0.137 e. The monoisotopic (exact) mass is 286 g/mol. The number of halogens is 1. The quantitative estimate of drug-likeness (QED) is 0.679. The molecule has 1 aromatic carbocycles. The maximum Gasteiger partial charge on any atom is 0.137 e. The molecule has 3 nitrogen and oxygen atoms in total. The van der Waals surface area contributed by atoms with E-state index >= 15 is 0 Å². The minimum atomic E-state index is 0.413. The van der Waals surface area contributed by atoms with Crippen LogP contribution in [0.25, 0.3) is 16.9 Å². The molecule has 102 valence electrons. The lowest BCUT2D eigenvalue weighted by molar-refractivity contribution is 0.415. The fourth-order valence-corrected chi connectivity index (χ4v) is 2.58. The molecule has 4 heteroatoms. The maximum atomic E-state index is 6.12. The Morgan fingerprint density at radius 1 is 1.25 bits per heavy atom. The molecular formula is C16H15ClN2O. The summed E-state index contributed by atoms with van der Waals surface area (Å²) in [4.78, 5) is 4.71. The summed E-state index contributed by atoms with van der Waals surface area (Å²) >= 11 is 6.12. The first kappa shape index (κ1) is 13.0. The van der Waals surface area contributed by atoms with Crippen molar-refractivity contribution in [1.82, 2.24) is 9.38 Å². The third kappa shape index (κ3) is 2.14. The first-order valence-corrected chi connectivity index (χ1v) is 6.94. The largest absolute Gasteiger partial charge is 0.497 e. The van der Waals surface area contributed by atoms with Crippen molar-refractivity contribution < 1.29 is 4.74 Å². The van der Waals surface area contributed by atoms with E-state index in [4.69, 9.17) is 21.3 Å². The highest BCUT2D eigenvalue weighted by molar-refractivity contribution is 6.17. The zero-order chi connectivity index (χ0) is 14.1. The predicted octanol–water partition coefficient (Wildman–Crippen LogP) is 4.06. The summed E-state index contributed by atoms with van der Waals surface area (Å²) in [7, 11) is 1.66. The summed E-state index contributed by atoms with van der Waals surface area (Å²) in [6.45, 7) is 2.06. The molecule has 0 saturated carbocycles. The van der Waals surface area contributed by atoms with Crippen LogP contribution in [-0.2, 0) is 5.88 Å². The van der Waals surface area contributed by atoms with E-state index in [9.17, 15) is 0 Å². The molecule has 0 aliphatic carbocycles. The van der Waals surface area contributed by atoms with Crippen LogP contribution >= 0.6 is 11.6 Å². The Kier molecular flexibility index (Phi) is 3.36. The van der Waals surface area contributed by atoms with E-state index in [0.717, 1.165) is 28.3 Å². The van der Waals surface area contributed by atoms with Crippen molar-refractivity contribution in [1.29, 1.82) is 0 Å². The molecule has 0 aliphatic heterocycles. The van der Waals surface area contributed by atoms with Crippen molar-refractivity contribution >= 4 is 17.2 Å². The number of hydrogen-bond donors (Lipinski definition) is 0. The van der Waals surface area contributed by atoms with Gasteiger partial charge in [0.25, 0.3) is 0 Å². The van der Waals surface area contributed by atoms with Gasteiger partial charge in [0.1, 0.15) is 11.4 Å². The molecule has 2 heterocycles. The van der Waals surface area contributed by atoms with E-state index < -0.39 is 0 Å². The Labute approximate surface area is 122 Å². The number of rotatable bonds is 3. The molecule has 20 heavy (non-hydrogen) atoms. The minimum absolute atomic E-state index is 0.413. The lowest BCUT2D eigenvalue weighted by atomic mass is 10.1. The van der Waals surface area contributed by atoms with E-state index in [1.54, 1.807) is 7.11 Å². The van der Waals surface area contributed by atoms with Gasteiger partial charge >= 0.3 is 0 Å². The van der Waals surface area contributed by atoms with E-state index in [1.807, 2.05) is 34.9 Å². The number of aryl methyl sites for hydroxylation is 1. The lowest BCUT2D eigenvalue weighted by Crippen LogP contribution is -1.91. The van der Waals surface area contributed by atoms with E-state index in [2.05, 4.69) is 19.1 Å². The lowest BCUT2D eigenvalue weighted by Gasteiger charge is -2.04. The molecule has 0 bridgehead atoms. The third-order valence-corrected chi connectivity index (χ3v) is 3.60. The van der Waals surface area contributed by atoms with Gasteiger partial charge in [0.2, 0.25) is 0 Å². The standard InChI is InChI=1S/C16H15ClN2O/c1-11-6-7-19-14(10-17)16(18-15(19)8-11)12-4-3-5-13(9-12)20-2/h3-9H,10H2,1-2H3. The molecule has 0 unspecified atom stereocenters. The number of fused-ring (bicyclic) bond motifs is 1. The second-order valence-electron chi connectivity index (χ2n) is 4.70. The number of imidazole rings is 1. The summed E-state index contributed by atoms with van der Waals surface area (Å²) in [6, 6.07) is 12.0. The second kappa shape index (κ2) is 5.17. The van der Waals surface area contributed by atoms with Crippen molar-refractivity contribution in [2.45, 2.75) is 12.8 Å². The van der Waals surface area contributed by atoms with Gasteiger partial charge in [0, 0.05) is 11.8 Å². The van der Waals surface area contributed by atoms with E-state index in [-0.39, 0.29) is 0 Å². The zero-order valence-corrected chi connectivity index (χ0v) is 12.2. The normalized spacial score (nSPS) is 10.9. The Hall–Kier alpha value is -2.00. The highest BCUT2D eigenvalue weighted by Crippen LogP contribution is 2.28. The van der Waals surface area contributed by atoms with Gasteiger partial charge < -0.3 is 9.14 Å². The van der Waals surface area contributed by atoms with Crippen LogP contribution in [0, 0.1) is 6.92 Å². The molecule has 3 aromatic rings. The molecule has 0 spiro atoms. The number of ether oxygens (including phenoxy) is 1. The molecule has 3 rings (SSSR count). The number of nitrogens with zero attached hydrogens (tertiary/aromatic N) is 2. The van der Waals surface area contributed by atoms with Gasteiger partial charge in [0.15, 0.2) is 0 Å². The average molecular weight is 287 g/mol. The molecule has 0 radical (unpaired) electrons. The van der Waals surface area contributed by atoms with Crippen LogP contribution in [0.5, 0.6) is 5.75 Å². The van der Waals surface area contributed by atoms with Gasteiger partial charge in [-0.2, -0.15) is 0 Å². The molecule has 0 saturated heterocycles. The van der Waals surface area contributed by atoms with Gasteiger partial charge in [-0.05, 0) is 36.8 Å². The van der Waals surface area contributed by atoms with Crippen LogP contribution in [0.2, 0.25) is 0 Å². The van der Waals surface area contributed by atoms with E-state index in [0.29, 0.717) is 5.88 Å². The van der Waals surface area contributed by atoms with Crippen LogP contribution in [0.1, 0.15) is 11.3 Å². The van der Waals surface area contributed by atoms with Crippen LogP contribution in [0.15, 0.2) is 42.6 Å². The maximum absolute atomic E-state index is 6.12. The summed E-state index contributed by atoms with van der Waals surface area (Å²) in [5.74, 6) is 1.23. The number of methoxy groups -OCH3 is 1. The molecule has 0 aliphatic rings. The Morgan fingerprint density at radius 3 is 2.85 bits per heavy atom. The number of hydrogen-bond acceptors (Lipinski definition) is 2. The molecule has 0 fully saturated rings. The topological polar surface area (TPSA) is 26.5 Å². The average Bonchev–Trinajstić information content (AvgIpc) is 2.84. The van der Waals surface area contributed by atoms with Gasteiger partial charge in [-0.3, -0.25) is 0 Å². The van der Waals surface area contributed by atoms with E-state index in [1.165, 1.54) is 5.56 Å². The minimum Gasteiger partial charge on any atom is -0.497 e. The summed E-state index contributed by atoms with van der Waals surface area (Å²) in [5, 5.41) is 0. The molecule has 0 amide bonds. The van der Waals surface area contributed by atoms with Gasteiger partial charge in [-0.25, -0.2) is 4.98 Å². The van der Waals surface area contributed by atoms with Crippen molar-refractivity contribution in [2.24, 2.45) is 0 Å². The van der Waals surface area contributed by atoms with Crippen LogP contribution in [-0.4, -0.2) is 16.5 Å². The van der Waals surface area contributed by atoms with Gasteiger partial charge in [-0.1, -0.05) is 12.1 Å². The molecular weight excluding hydrogens is 272 g/mol. The number of benzene rings is 1. The SMILES string of the molecule is COc1cccc(-c2nc3cc(C)ccn3c2CCl)c1. The zero-order valence-electron chi connectivity index (χ0n) is 11.4. The fraction of sp³-hybridized carbons (Fsp3) is 0.188. The van der Waals surface area contributed by atoms with Crippen molar-refractivity contribution in [2.75, 3.05) is 7.11 Å². The molecule has 0 atom stereocenters. The number of pyridine rings is 1. The first-order valence-electron chi connectivity index (χ1n) is 6.41. The predicted molar refractivity (Wildman–Crippen MR) is 81.5 cm³/mol. The summed E-state index contributed by atoms with van der Waals surface area (Å²) < 4.78 is 7.31. The Bertz CT molecular complexity index is 764. The van der Waals surface area contributed by atoms with Gasteiger partial charge in [0.05, 0.1) is 24.4 Å². The molecule has 0 N–H and O–H groups in total. The van der Waals surface area contributed by atoms with Crippen molar-refractivity contribution in [3.05, 3.63) is 53.9 Å². The van der Waals surface area contributed by atoms with Crippen LogP contribution < -0.4 is 4.74 Å².